The molecule has 2 aromatic carbocycles. The molecule has 31 heavy (non-hydrogen) atoms. The molecule has 160 valence electrons. The van der Waals surface area contributed by atoms with Gasteiger partial charge in [-0.3, -0.25) is 19.2 Å². The van der Waals surface area contributed by atoms with Crippen molar-refractivity contribution >= 4 is 46.7 Å². The van der Waals surface area contributed by atoms with Crippen molar-refractivity contribution < 1.29 is 19.2 Å². The molecule has 8 heteroatoms. The van der Waals surface area contributed by atoms with Crippen molar-refractivity contribution in [1.29, 1.82) is 0 Å². The average Bonchev–Trinajstić information content (AvgIpc) is 3.04. The van der Waals surface area contributed by atoms with Gasteiger partial charge in [-0.25, -0.2) is 5.01 Å². The summed E-state index contributed by atoms with van der Waals surface area (Å²) in [4.78, 5) is 52.5. The first-order valence-electron chi connectivity index (χ1n) is 10.1. The number of carbonyl (C=O) groups excluding carboxylic acids is 4. The summed E-state index contributed by atoms with van der Waals surface area (Å²) in [5, 5.41) is 2.27. The monoisotopic (exact) mass is 458 g/mol. The van der Waals surface area contributed by atoms with E-state index in [0.29, 0.717) is 18.4 Å². The van der Waals surface area contributed by atoms with E-state index in [1.807, 2.05) is 0 Å². The molecule has 1 aliphatic heterocycles. The molecule has 3 amide bonds. The van der Waals surface area contributed by atoms with Gasteiger partial charge in [0.1, 0.15) is 6.54 Å². The molecule has 2 fully saturated rings. The Morgan fingerprint density at radius 2 is 1.48 bits per heavy atom. The van der Waals surface area contributed by atoms with Crippen LogP contribution < -0.4 is 0 Å². The summed E-state index contributed by atoms with van der Waals surface area (Å²) in [7, 11) is 0. The van der Waals surface area contributed by atoms with E-state index < -0.39 is 36.1 Å². The molecular weight excluding hydrogens is 439 g/mol. The summed E-state index contributed by atoms with van der Waals surface area (Å²) < 4.78 is 0. The van der Waals surface area contributed by atoms with Crippen LogP contribution in [0.2, 0.25) is 10.0 Å². The van der Waals surface area contributed by atoms with Crippen LogP contribution >= 0.6 is 23.2 Å². The molecule has 2 aliphatic rings. The second-order valence-corrected chi connectivity index (χ2v) is 8.58. The van der Waals surface area contributed by atoms with Crippen LogP contribution in [-0.2, 0) is 9.59 Å². The van der Waals surface area contributed by atoms with Gasteiger partial charge in [0.25, 0.3) is 17.7 Å². The van der Waals surface area contributed by atoms with Crippen molar-refractivity contribution in [2.45, 2.75) is 25.7 Å². The predicted molar refractivity (Wildman–Crippen MR) is 116 cm³/mol. The van der Waals surface area contributed by atoms with Crippen LogP contribution in [0.1, 0.15) is 46.4 Å². The third-order valence-electron chi connectivity index (χ3n) is 5.85. The highest BCUT2D eigenvalue weighted by Gasteiger charge is 2.51. The van der Waals surface area contributed by atoms with Crippen molar-refractivity contribution in [1.82, 2.24) is 10.0 Å². The molecule has 6 nitrogen and oxygen atoms in total. The Morgan fingerprint density at radius 3 is 2.06 bits per heavy atom. The zero-order chi connectivity index (χ0) is 22.1. The Labute approximate surface area is 189 Å². The quantitative estimate of drug-likeness (QED) is 0.491. The second kappa shape index (κ2) is 8.81. The van der Waals surface area contributed by atoms with Crippen molar-refractivity contribution in [3.05, 3.63) is 69.7 Å². The van der Waals surface area contributed by atoms with Gasteiger partial charge in [0.2, 0.25) is 0 Å². The van der Waals surface area contributed by atoms with Gasteiger partial charge in [0, 0.05) is 11.1 Å². The zero-order valence-electron chi connectivity index (χ0n) is 16.6. The minimum absolute atomic E-state index is 0.130. The Hall–Kier alpha value is -2.70. The first-order chi connectivity index (χ1) is 14.9. The number of imide groups is 1. The predicted octanol–water partition coefficient (Wildman–Crippen LogP) is 4.41. The number of Topliss-reactive ketones (excluding diaryl/α,β-unsaturated/α-hetero) is 1. The number of hydrogen-bond donors (Lipinski definition) is 0. The topological polar surface area (TPSA) is 74.8 Å². The van der Waals surface area contributed by atoms with Crippen LogP contribution in [0.4, 0.5) is 0 Å². The van der Waals surface area contributed by atoms with Crippen LogP contribution in [0.15, 0.2) is 48.5 Å². The number of rotatable bonds is 5. The van der Waals surface area contributed by atoms with Gasteiger partial charge in [-0.05, 0) is 31.0 Å². The Bertz CT molecular complexity index is 1030. The van der Waals surface area contributed by atoms with E-state index in [4.69, 9.17) is 23.2 Å². The number of amides is 3. The molecule has 2 atom stereocenters. The van der Waals surface area contributed by atoms with E-state index in [-0.39, 0.29) is 21.4 Å². The van der Waals surface area contributed by atoms with Gasteiger partial charge in [-0.15, -0.1) is 0 Å². The summed E-state index contributed by atoms with van der Waals surface area (Å²) >= 11 is 12.0. The largest absolute Gasteiger partial charge is 0.292 e. The highest BCUT2D eigenvalue weighted by atomic mass is 35.5. The van der Waals surface area contributed by atoms with E-state index in [1.165, 1.54) is 18.2 Å². The van der Waals surface area contributed by atoms with Gasteiger partial charge in [0.15, 0.2) is 5.78 Å². The molecule has 2 aromatic rings. The first-order valence-corrected chi connectivity index (χ1v) is 10.9. The van der Waals surface area contributed by atoms with Gasteiger partial charge in [0.05, 0.1) is 21.9 Å². The van der Waals surface area contributed by atoms with E-state index in [2.05, 4.69) is 0 Å². The minimum atomic E-state index is -0.664. The summed E-state index contributed by atoms with van der Waals surface area (Å²) in [5.74, 6) is -2.80. The number of benzene rings is 2. The van der Waals surface area contributed by atoms with Crippen LogP contribution in [0.25, 0.3) is 0 Å². The third-order valence-corrected chi connectivity index (χ3v) is 6.59. The summed E-state index contributed by atoms with van der Waals surface area (Å²) in [6.45, 7) is -0.444. The SMILES string of the molecule is O=C(CN(C(=O)c1ccc(Cl)c(Cl)c1)N1C(=O)[C@H]2CCCC[C@H]2C1=O)c1ccccc1. The van der Waals surface area contributed by atoms with Crippen LogP contribution in [-0.4, -0.2) is 40.1 Å². The van der Waals surface area contributed by atoms with E-state index in [1.54, 1.807) is 30.3 Å². The molecule has 0 spiro atoms. The number of hydrogen-bond acceptors (Lipinski definition) is 4. The molecule has 0 N–H and O–H groups in total. The summed E-state index contributed by atoms with van der Waals surface area (Å²) in [6.07, 6.45) is 2.93. The number of nitrogens with zero attached hydrogens (tertiary/aromatic N) is 2. The van der Waals surface area contributed by atoms with Crippen molar-refractivity contribution in [3.8, 4) is 0 Å². The number of ketones is 1. The van der Waals surface area contributed by atoms with Crippen molar-refractivity contribution in [3.63, 3.8) is 0 Å². The maximum Gasteiger partial charge on any atom is 0.273 e. The minimum Gasteiger partial charge on any atom is -0.292 e. The molecular formula is C23H20Cl2N2O4. The molecule has 0 bridgehead atoms. The van der Waals surface area contributed by atoms with Gasteiger partial charge in [-0.1, -0.05) is 66.4 Å². The first kappa shape index (κ1) is 21.5. The number of hydrazine groups is 1. The fraction of sp³-hybridized carbons (Fsp3) is 0.304. The lowest BCUT2D eigenvalue weighted by Crippen LogP contribution is -2.52. The Morgan fingerprint density at radius 1 is 0.871 bits per heavy atom. The van der Waals surface area contributed by atoms with Crippen molar-refractivity contribution in [2.75, 3.05) is 6.54 Å². The molecule has 4 rings (SSSR count). The van der Waals surface area contributed by atoms with Gasteiger partial charge >= 0.3 is 0 Å². The standard InChI is InChI=1S/C23H20Cl2N2O4/c24-18-11-10-15(12-19(18)25)21(29)26(13-20(28)14-6-2-1-3-7-14)27-22(30)16-8-4-5-9-17(16)23(27)31/h1-3,6-7,10-12,16-17H,4-5,8-9,13H2/t16-,17+. The molecule has 0 aromatic heterocycles. The lowest BCUT2D eigenvalue weighted by Gasteiger charge is -2.30. The van der Waals surface area contributed by atoms with E-state index in [9.17, 15) is 19.2 Å². The van der Waals surface area contributed by atoms with Gasteiger partial charge in [-0.2, -0.15) is 5.01 Å². The second-order valence-electron chi connectivity index (χ2n) is 7.77. The fourth-order valence-corrected chi connectivity index (χ4v) is 4.54. The lowest BCUT2D eigenvalue weighted by molar-refractivity contribution is -0.154. The van der Waals surface area contributed by atoms with Crippen LogP contribution in [0.5, 0.6) is 0 Å². The third kappa shape index (κ3) is 4.10. The fourth-order valence-electron chi connectivity index (χ4n) is 4.25. The van der Waals surface area contributed by atoms with E-state index >= 15 is 0 Å². The Balaban J connectivity index is 1.70. The molecule has 0 radical (unpaired) electrons. The highest BCUT2D eigenvalue weighted by molar-refractivity contribution is 6.42. The van der Waals surface area contributed by atoms with Crippen molar-refractivity contribution in [2.24, 2.45) is 11.8 Å². The molecule has 0 unspecified atom stereocenters. The molecule has 1 heterocycles. The molecule has 1 saturated heterocycles. The zero-order valence-corrected chi connectivity index (χ0v) is 18.1. The van der Waals surface area contributed by atoms with Gasteiger partial charge < -0.3 is 0 Å². The number of carbonyl (C=O) groups is 4. The number of halogens is 2. The Kier molecular flexibility index (Phi) is 6.12. The normalized spacial score (nSPS) is 20.5. The number of fused-ring (bicyclic) bond motifs is 1. The molecule has 1 saturated carbocycles. The highest BCUT2D eigenvalue weighted by Crippen LogP contribution is 2.39. The molecule has 1 aliphatic carbocycles. The smallest absolute Gasteiger partial charge is 0.273 e. The summed E-state index contributed by atoms with van der Waals surface area (Å²) in [5.41, 5.74) is 0.511. The lowest BCUT2D eigenvalue weighted by atomic mass is 9.81. The maximum atomic E-state index is 13.4. The maximum absolute atomic E-state index is 13.4. The van der Waals surface area contributed by atoms with E-state index in [0.717, 1.165) is 22.9 Å². The summed E-state index contributed by atoms with van der Waals surface area (Å²) in [6, 6.07) is 12.7. The van der Waals surface area contributed by atoms with Crippen LogP contribution in [0, 0.1) is 11.8 Å². The van der Waals surface area contributed by atoms with Crippen LogP contribution in [0.3, 0.4) is 0 Å². The average molecular weight is 459 g/mol.